The second-order valence-electron chi connectivity index (χ2n) is 10.3. The Morgan fingerprint density at radius 3 is 2.65 bits per heavy atom. The number of aromatic nitrogens is 1. The minimum Gasteiger partial charge on any atom is -0.506 e. The quantitative estimate of drug-likeness (QED) is 0.303. The van der Waals surface area contributed by atoms with Crippen LogP contribution in [0.4, 0.5) is 5.69 Å². The summed E-state index contributed by atoms with van der Waals surface area (Å²) in [6.45, 7) is 7.84. The first-order valence-corrected chi connectivity index (χ1v) is 15.3. The number of hydrogen-bond donors (Lipinski definition) is 3. The Morgan fingerprint density at radius 1 is 1.18 bits per heavy atom. The van der Waals surface area contributed by atoms with Crippen LogP contribution in [0.15, 0.2) is 56.6 Å². The van der Waals surface area contributed by atoms with E-state index in [2.05, 4.69) is 33.8 Å². The predicted octanol–water partition coefficient (Wildman–Crippen LogP) is 3.53. The number of amides is 1. The number of nitrogens with one attached hydrogen (secondary N) is 2. The van der Waals surface area contributed by atoms with Gasteiger partial charge in [0.1, 0.15) is 16.2 Å². The number of sulfonamides is 1. The zero-order valence-corrected chi connectivity index (χ0v) is 23.6. The van der Waals surface area contributed by atoms with E-state index in [1.54, 1.807) is 28.8 Å². The summed E-state index contributed by atoms with van der Waals surface area (Å²) in [7, 11) is -4.27. The zero-order valence-electron chi connectivity index (χ0n) is 22.8. The van der Waals surface area contributed by atoms with Gasteiger partial charge < -0.3 is 25.2 Å². The topological polar surface area (TPSA) is 133 Å². The van der Waals surface area contributed by atoms with E-state index >= 15 is 0 Å². The number of para-hydroxylation sites is 1. The van der Waals surface area contributed by atoms with E-state index in [1.807, 2.05) is 0 Å². The van der Waals surface area contributed by atoms with Gasteiger partial charge in [0.25, 0.3) is 21.5 Å². The number of fused-ring (bicyclic) bond motifs is 2. The van der Waals surface area contributed by atoms with Crippen molar-refractivity contribution in [1.82, 2.24) is 14.8 Å². The van der Waals surface area contributed by atoms with Crippen LogP contribution in [0.25, 0.3) is 10.9 Å². The Bertz CT molecular complexity index is 1640. The molecule has 0 saturated heterocycles. The molecule has 2 heterocycles. The lowest BCUT2D eigenvalue weighted by Gasteiger charge is -2.21. The lowest BCUT2D eigenvalue weighted by atomic mass is 10.1. The number of pyridine rings is 1. The number of carbonyl (C=O) groups excluding carboxylic acids is 1. The summed E-state index contributed by atoms with van der Waals surface area (Å²) in [5.41, 5.74) is 0.254. The molecular weight excluding hydrogens is 530 g/mol. The highest BCUT2D eigenvalue weighted by atomic mass is 32.2. The molecule has 0 spiro atoms. The number of nitrogens with zero attached hydrogens (tertiary/aromatic N) is 3. The molecule has 5 rings (SSSR count). The van der Waals surface area contributed by atoms with Crippen molar-refractivity contribution in [3.8, 4) is 5.75 Å². The smallest absolute Gasteiger partial charge is 0.286 e. The Hall–Kier alpha value is -3.70. The van der Waals surface area contributed by atoms with E-state index in [0.717, 1.165) is 45.3 Å². The van der Waals surface area contributed by atoms with Crippen molar-refractivity contribution in [3.63, 3.8) is 0 Å². The van der Waals surface area contributed by atoms with Crippen LogP contribution < -0.4 is 16.2 Å². The van der Waals surface area contributed by atoms with Gasteiger partial charge in [-0.15, -0.1) is 4.40 Å². The van der Waals surface area contributed by atoms with Crippen LogP contribution in [0, 0.1) is 5.92 Å². The minimum atomic E-state index is -4.27. The lowest BCUT2D eigenvalue weighted by Crippen LogP contribution is -2.33. The number of aryl methyl sites for hydroxylation is 1. The molecule has 2 aliphatic rings. The molecule has 1 aromatic heterocycles. The largest absolute Gasteiger partial charge is 0.506 e. The van der Waals surface area contributed by atoms with E-state index in [-0.39, 0.29) is 39.2 Å². The van der Waals surface area contributed by atoms with Crippen LogP contribution in [0.3, 0.4) is 0 Å². The fourth-order valence-electron chi connectivity index (χ4n) is 5.10. The maximum absolute atomic E-state index is 13.6. The van der Waals surface area contributed by atoms with Gasteiger partial charge in [-0.05, 0) is 68.7 Å². The van der Waals surface area contributed by atoms with E-state index in [1.165, 1.54) is 18.2 Å². The van der Waals surface area contributed by atoms with Crippen LogP contribution in [0.1, 0.15) is 55.5 Å². The van der Waals surface area contributed by atoms with Crippen molar-refractivity contribution in [1.29, 1.82) is 0 Å². The molecule has 1 aliphatic carbocycles. The summed E-state index contributed by atoms with van der Waals surface area (Å²) in [5.74, 6) is -0.365. The molecule has 3 aromatic rings. The van der Waals surface area contributed by atoms with Gasteiger partial charge in [-0.1, -0.05) is 38.8 Å². The average molecular weight is 566 g/mol. The first-order valence-electron chi connectivity index (χ1n) is 13.8. The number of hydrogen-bond acceptors (Lipinski definition) is 7. The first kappa shape index (κ1) is 27.9. The minimum absolute atomic E-state index is 0.165. The number of aromatic hydroxyl groups is 1. The third kappa shape index (κ3) is 5.62. The summed E-state index contributed by atoms with van der Waals surface area (Å²) in [5, 5.41) is 17.3. The standard InChI is InChI=1S/C29H35N5O5S/c1-3-33(4-2)16-7-15-30-28(36)20-12-13-22-24(18-20)40(38,39)32-27(31-22)25-26(35)21-8-5-6-9-23(21)34(29(25)37)17-14-19-10-11-19/h5-6,8-9,12-13,18-19,35H,3-4,7,10-11,14-17H2,1-2H3,(H,30,36)(H,31,32). The number of amidine groups is 1. The van der Waals surface area contributed by atoms with E-state index in [0.29, 0.717) is 29.9 Å². The molecule has 1 saturated carbocycles. The van der Waals surface area contributed by atoms with Crippen LogP contribution in [0.5, 0.6) is 5.75 Å². The van der Waals surface area contributed by atoms with Gasteiger partial charge in [0.15, 0.2) is 5.84 Å². The second-order valence-corrected chi connectivity index (χ2v) is 11.9. The van der Waals surface area contributed by atoms with Gasteiger partial charge in [0, 0.05) is 24.0 Å². The van der Waals surface area contributed by atoms with Gasteiger partial charge in [-0.3, -0.25) is 9.59 Å². The third-order valence-corrected chi connectivity index (χ3v) is 8.97. The Labute approximate surface area is 233 Å². The molecule has 40 heavy (non-hydrogen) atoms. The third-order valence-electron chi connectivity index (χ3n) is 7.66. The molecule has 212 valence electrons. The van der Waals surface area contributed by atoms with Crippen LogP contribution in [-0.4, -0.2) is 60.9 Å². The normalized spacial score (nSPS) is 15.9. The highest BCUT2D eigenvalue weighted by Crippen LogP contribution is 2.35. The van der Waals surface area contributed by atoms with E-state index in [9.17, 15) is 23.1 Å². The highest BCUT2D eigenvalue weighted by molar-refractivity contribution is 7.90. The molecule has 0 unspecified atom stereocenters. The van der Waals surface area contributed by atoms with Gasteiger partial charge >= 0.3 is 0 Å². The molecule has 3 N–H and O–H groups in total. The summed E-state index contributed by atoms with van der Waals surface area (Å²) in [4.78, 5) is 28.5. The SMILES string of the molecule is CCN(CC)CCCNC(=O)c1ccc2c(c1)S(=O)(=O)N=C(c1c(O)c3ccccc3n(CCC3CC3)c1=O)N2. The van der Waals surface area contributed by atoms with Gasteiger partial charge in [-0.2, -0.15) is 8.42 Å². The Kier molecular flexibility index (Phi) is 7.95. The first-order chi connectivity index (χ1) is 19.2. The van der Waals surface area contributed by atoms with Gasteiger partial charge in [-0.25, -0.2) is 0 Å². The van der Waals surface area contributed by atoms with Gasteiger partial charge in [0.2, 0.25) is 0 Å². The maximum atomic E-state index is 13.6. The Morgan fingerprint density at radius 2 is 1.93 bits per heavy atom. The predicted molar refractivity (Wildman–Crippen MR) is 156 cm³/mol. The molecule has 1 amide bonds. The molecular formula is C29H35N5O5S. The molecule has 0 radical (unpaired) electrons. The zero-order chi connectivity index (χ0) is 28.4. The van der Waals surface area contributed by atoms with Crippen LogP contribution >= 0.6 is 0 Å². The number of carbonyl (C=O) groups is 1. The summed E-state index contributed by atoms with van der Waals surface area (Å²) < 4.78 is 32.0. The second kappa shape index (κ2) is 11.4. The van der Waals surface area contributed by atoms with Crippen molar-refractivity contribution >= 4 is 38.4 Å². The number of anilines is 1. The molecule has 10 nitrogen and oxygen atoms in total. The highest BCUT2D eigenvalue weighted by Gasteiger charge is 2.31. The molecule has 0 bridgehead atoms. The van der Waals surface area contributed by atoms with Crippen molar-refractivity contribution < 1.29 is 18.3 Å². The summed E-state index contributed by atoms with van der Waals surface area (Å²) in [6, 6.07) is 11.3. The molecule has 0 atom stereocenters. The van der Waals surface area contributed by atoms with Crippen LogP contribution in [0.2, 0.25) is 0 Å². The molecule has 2 aromatic carbocycles. The molecule has 1 aliphatic heterocycles. The van der Waals surface area contributed by atoms with Crippen molar-refractivity contribution in [2.75, 3.05) is 31.5 Å². The average Bonchev–Trinajstić information content (AvgIpc) is 3.77. The van der Waals surface area contributed by atoms with Crippen molar-refractivity contribution in [3.05, 3.63) is 63.9 Å². The number of benzene rings is 2. The fourth-order valence-corrected chi connectivity index (χ4v) is 6.25. The van der Waals surface area contributed by atoms with E-state index in [4.69, 9.17) is 0 Å². The van der Waals surface area contributed by atoms with Crippen LogP contribution in [-0.2, 0) is 16.6 Å². The van der Waals surface area contributed by atoms with E-state index < -0.39 is 15.6 Å². The molecule has 1 fully saturated rings. The summed E-state index contributed by atoms with van der Waals surface area (Å²) in [6.07, 6.45) is 3.88. The van der Waals surface area contributed by atoms with Crippen molar-refractivity contribution in [2.45, 2.75) is 51.0 Å². The monoisotopic (exact) mass is 565 g/mol. The Balaban J connectivity index is 1.43. The maximum Gasteiger partial charge on any atom is 0.286 e. The molecule has 11 heteroatoms. The lowest BCUT2D eigenvalue weighted by molar-refractivity contribution is 0.0951. The fraction of sp³-hybridized carbons (Fsp3) is 0.414. The summed E-state index contributed by atoms with van der Waals surface area (Å²) >= 11 is 0. The van der Waals surface area contributed by atoms with Gasteiger partial charge in [0.05, 0.1) is 11.2 Å². The van der Waals surface area contributed by atoms with Crippen molar-refractivity contribution in [2.24, 2.45) is 10.3 Å². The number of rotatable bonds is 11.